The second kappa shape index (κ2) is 7.48. The van der Waals surface area contributed by atoms with Gasteiger partial charge >= 0.3 is 6.03 Å². The molecule has 4 amide bonds. The van der Waals surface area contributed by atoms with E-state index in [0.717, 1.165) is 35.3 Å². The van der Waals surface area contributed by atoms with Gasteiger partial charge in [0, 0.05) is 0 Å². The minimum atomic E-state index is -1.18. The average Bonchev–Trinajstić information content (AvgIpc) is 3.26. The third kappa shape index (κ3) is 3.40. The molecule has 4 rings (SSSR count). The first-order valence-electron chi connectivity index (χ1n) is 10.0. The maximum atomic E-state index is 13.1. The minimum Gasteiger partial charge on any atom is -0.495 e. The van der Waals surface area contributed by atoms with E-state index in [-0.39, 0.29) is 6.54 Å². The fraction of sp³-hybridized carbons (Fsp3) is 0.348. The first kappa shape index (κ1) is 19.9. The Bertz CT molecular complexity index is 1050. The number of imide groups is 1. The van der Waals surface area contributed by atoms with Crippen LogP contribution in [0.4, 0.5) is 10.5 Å². The first-order chi connectivity index (χ1) is 14.3. The maximum Gasteiger partial charge on any atom is 0.325 e. The molecule has 2 aromatic rings. The van der Waals surface area contributed by atoms with E-state index in [1.165, 1.54) is 18.2 Å². The summed E-state index contributed by atoms with van der Waals surface area (Å²) in [4.78, 5) is 39.3. The van der Waals surface area contributed by atoms with Gasteiger partial charge < -0.3 is 15.4 Å². The van der Waals surface area contributed by atoms with Gasteiger partial charge in [-0.25, -0.2) is 4.79 Å². The Morgan fingerprint density at radius 1 is 1.17 bits per heavy atom. The molecular weight excluding hydrogens is 382 g/mol. The Labute approximate surface area is 175 Å². The van der Waals surface area contributed by atoms with E-state index >= 15 is 0 Å². The summed E-state index contributed by atoms with van der Waals surface area (Å²) in [6.45, 7) is 3.21. The number of aryl methyl sites for hydroxylation is 3. The van der Waals surface area contributed by atoms with Gasteiger partial charge in [-0.05, 0) is 67.5 Å². The third-order valence-electron chi connectivity index (χ3n) is 5.88. The van der Waals surface area contributed by atoms with Crippen molar-refractivity contribution in [1.82, 2.24) is 10.2 Å². The number of rotatable bonds is 5. The second-order valence-corrected chi connectivity index (χ2v) is 8.04. The predicted octanol–water partition coefficient (Wildman–Crippen LogP) is 2.90. The summed E-state index contributed by atoms with van der Waals surface area (Å²) in [5.41, 5.74) is 3.52. The van der Waals surface area contributed by atoms with E-state index in [2.05, 4.69) is 10.6 Å². The van der Waals surface area contributed by atoms with Crippen LogP contribution in [-0.4, -0.2) is 36.4 Å². The van der Waals surface area contributed by atoms with Gasteiger partial charge in [-0.2, -0.15) is 0 Å². The molecule has 2 aromatic carbocycles. The minimum absolute atomic E-state index is 0.373. The molecule has 0 spiro atoms. The molecule has 30 heavy (non-hydrogen) atoms. The van der Waals surface area contributed by atoms with Gasteiger partial charge in [0.15, 0.2) is 0 Å². The van der Waals surface area contributed by atoms with Gasteiger partial charge in [0.25, 0.3) is 5.91 Å². The van der Waals surface area contributed by atoms with Crippen LogP contribution in [-0.2, 0) is 28.0 Å². The van der Waals surface area contributed by atoms with Crippen molar-refractivity contribution in [3.63, 3.8) is 0 Å². The molecule has 156 valence electrons. The standard InChI is InChI=1S/C23H25N3O4/c1-14-7-10-19(30-3)18(11-14)24-20(27)13-26-21(28)23(2,25-22(26)29)17-9-8-15-5-4-6-16(15)12-17/h7-12H,4-6,13H2,1-3H3,(H,24,27)(H,25,29)/t23-/m1/s1. The number of methoxy groups -OCH3 is 1. The summed E-state index contributed by atoms with van der Waals surface area (Å²) >= 11 is 0. The lowest BCUT2D eigenvalue weighted by Crippen LogP contribution is -2.42. The van der Waals surface area contributed by atoms with Crippen LogP contribution in [0.2, 0.25) is 0 Å². The first-order valence-corrected chi connectivity index (χ1v) is 10.0. The van der Waals surface area contributed by atoms with Crippen LogP contribution in [0.15, 0.2) is 36.4 Å². The van der Waals surface area contributed by atoms with E-state index in [1.807, 2.05) is 31.2 Å². The monoisotopic (exact) mass is 407 g/mol. The number of carbonyl (C=O) groups is 3. The number of fused-ring (bicyclic) bond motifs is 1. The molecule has 0 bridgehead atoms. The maximum absolute atomic E-state index is 13.1. The van der Waals surface area contributed by atoms with Gasteiger partial charge in [-0.15, -0.1) is 0 Å². The molecule has 0 saturated carbocycles. The largest absolute Gasteiger partial charge is 0.495 e. The Kier molecular flexibility index (Phi) is 4.97. The van der Waals surface area contributed by atoms with Crippen molar-refractivity contribution in [3.8, 4) is 5.75 Å². The zero-order valence-electron chi connectivity index (χ0n) is 17.4. The number of hydrogen-bond donors (Lipinski definition) is 2. The summed E-state index contributed by atoms with van der Waals surface area (Å²) in [5, 5.41) is 5.50. The van der Waals surface area contributed by atoms with Gasteiger partial charge in [0.2, 0.25) is 5.91 Å². The summed E-state index contributed by atoms with van der Waals surface area (Å²) in [6.07, 6.45) is 3.12. The number of ether oxygens (including phenoxy) is 1. The summed E-state index contributed by atoms with van der Waals surface area (Å²) in [6, 6.07) is 10.7. The Morgan fingerprint density at radius 2 is 1.93 bits per heavy atom. The fourth-order valence-electron chi connectivity index (χ4n) is 4.17. The normalized spacial score (nSPS) is 20.2. The third-order valence-corrected chi connectivity index (χ3v) is 5.88. The SMILES string of the molecule is COc1ccc(C)cc1NC(=O)CN1C(=O)N[C@](C)(c2ccc3c(c2)CCC3)C1=O. The smallest absolute Gasteiger partial charge is 0.325 e. The Balaban J connectivity index is 1.52. The highest BCUT2D eigenvalue weighted by atomic mass is 16.5. The highest BCUT2D eigenvalue weighted by Crippen LogP contribution is 2.32. The highest BCUT2D eigenvalue weighted by molar-refractivity contribution is 6.10. The lowest BCUT2D eigenvalue weighted by atomic mass is 9.89. The number of nitrogens with zero attached hydrogens (tertiary/aromatic N) is 1. The van der Waals surface area contributed by atoms with E-state index in [4.69, 9.17) is 4.74 Å². The summed E-state index contributed by atoms with van der Waals surface area (Å²) in [7, 11) is 1.51. The van der Waals surface area contributed by atoms with E-state index < -0.39 is 23.4 Å². The van der Waals surface area contributed by atoms with Crippen molar-refractivity contribution < 1.29 is 19.1 Å². The van der Waals surface area contributed by atoms with Crippen LogP contribution in [0.3, 0.4) is 0 Å². The molecule has 1 saturated heterocycles. The van der Waals surface area contributed by atoms with Crippen molar-refractivity contribution in [3.05, 3.63) is 58.7 Å². The lowest BCUT2D eigenvalue weighted by Gasteiger charge is -2.23. The molecule has 0 radical (unpaired) electrons. The molecule has 2 aliphatic rings. The second-order valence-electron chi connectivity index (χ2n) is 8.04. The number of anilines is 1. The molecule has 1 aliphatic carbocycles. The van der Waals surface area contributed by atoms with Crippen molar-refractivity contribution in [2.75, 3.05) is 19.0 Å². The quantitative estimate of drug-likeness (QED) is 0.746. The highest BCUT2D eigenvalue weighted by Gasteiger charge is 2.49. The predicted molar refractivity (Wildman–Crippen MR) is 112 cm³/mol. The van der Waals surface area contributed by atoms with Gasteiger partial charge in [-0.1, -0.05) is 24.3 Å². The van der Waals surface area contributed by atoms with Crippen molar-refractivity contribution in [2.24, 2.45) is 0 Å². The number of hydrogen-bond acceptors (Lipinski definition) is 4. The Hall–Kier alpha value is -3.35. The molecule has 0 unspecified atom stereocenters. The van der Waals surface area contributed by atoms with Crippen LogP contribution in [0.5, 0.6) is 5.75 Å². The van der Waals surface area contributed by atoms with E-state index in [9.17, 15) is 14.4 Å². The molecule has 7 nitrogen and oxygen atoms in total. The topological polar surface area (TPSA) is 87.7 Å². The number of urea groups is 1. The molecule has 7 heteroatoms. The van der Waals surface area contributed by atoms with Crippen molar-refractivity contribution in [1.29, 1.82) is 0 Å². The van der Waals surface area contributed by atoms with Crippen LogP contribution < -0.4 is 15.4 Å². The molecular formula is C23H25N3O4. The molecule has 1 heterocycles. The van der Waals surface area contributed by atoms with Crippen LogP contribution in [0, 0.1) is 6.92 Å². The zero-order valence-corrected chi connectivity index (χ0v) is 17.4. The van der Waals surface area contributed by atoms with Gasteiger partial charge in [0.05, 0.1) is 12.8 Å². The van der Waals surface area contributed by atoms with Crippen LogP contribution in [0.1, 0.15) is 35.6 Å². The molecule has 2 N–H and O–H groups in total. The van der Waals surface area contributed by atoms with Crippen LogP contribution in [0.25, 0.3) is 0 Å². The molecule has 1 fully saturated rings. The zero-order chi connectivity index (χ0) is 21.5. The van der Waals surface area contributed by atoms with E-state index in [0.29, 0.717) is 11.4 Å². The molecule has 0 aromatic heterocycles. The lowest BCUT2D eigenvalue weighted by molar-refractivity contribution is -0.133. The average molecular weight is 407 g/mol. The van der Waals surface area contributed by atoms with Gasteiger partial charge in [-0.3, -0.25) is 14.5 Å². The van der Waals surface area contributed by atoms with Crippen molar-refractivity contribution in [2.45, 2.75) is 38.6 Å². The Morgan fingerprint density at radius 3 is 2.70 bits per heavy atom. The number of amides is 4. The van der Waals surface area contributed by atoms with Crippen LogP contribution >= 0.6 is 0 Å². The summed E-state index contributed by atoms with van der Waals surface area (Å²) < 4.78 is 5.27. The molecule has 1 atom stereocenters. The van der Waals surface area contributed by atoms with Crippen molar-refractivity contribution >= 4 is 23.5 Å². The van der Waals surface area contributed by atoms with Gasteiger partial charge in [0.1, 0.15) is 17.8 Å². The number of carbonyl (C=O) groups excluding carboxylic acids is 3. The number of nitrogens with one attached hydrogen (secondary N) is 2. The summed E-state index contributed by atoms with van der Waals surface area (Å²) in [5.74, 6) is -0.397. The number of benzene rings is 2. The van der Waals surface area contributed by atoms with E-state index in [1.54, 1.807) is 19.1 Å². The molecule has 1 aliphatic heterocycles. The fourth-order valence-corrected chi connectivity index (χ4v) is 4.17.